The fraction of sp³-hybridized carbons (Fsp3) is 0.500. The van der Waals surface area contributed by atoms with Gasteiger partial charge < -0.3 is 4.74 Å². The number of hydrogen-bond donors (Lipinski definition) is 0. The molecule has 1 heterocycles. The summed E-state index contributed by atoms with van der Waals surface area (Å²) in [5, 5.41) is 0. The molecule has 15 heavy (non-hydrogen) atoms. The average molecular weight is 270 g/mol. The van der Waals surface area contributed by atoms with E-state index in [0.29, 0.717) is 0 Å². The molecule has 0 aromatic heterocycles. The Morgan fingerprint density at radius 1 is 1.33 bits per heavy atom. The van der Waals surface area contributed by atoms with E-state index in [1.807, 2.05) is 12.1 Å². The number of likely N-dealkylation sites (tertiary alicyclic amines) is 1. The Kier molecular flexibility index (Phi) is 3.65. The maximum absolute atomic E-state index is 5.36. The Morgan fingerprint density at radius 2 is 2.07 bits per heavy atom. The van der Waals surface area contributed by atoms with Gasteiger partial charge in [0.25, 0.3) is 0 Å². The minimum absolute atomic E-state index is 0.991. The van der Waals surface area contributed by atoms with Crippen molar-refractivity contribution in [2.45, 2.75) is 19.4 Å². The average Bonchev–Trinajstić information content (AvgIpc) is 2.71. The first-order valence-electron chi connectivity index (χ1n) is 5.34. The Labute approximate surface area is 99.4 Å². The van der Waals surface area contributed by atoms with Crippen molar-refractivity contribution < 1.29 is 4.74 Å². The topological polar surface area (TPSA) is 12.5 Å². The highest BCUT2D eigenvalue weighted by atomic mass is 79.9. The lowest BCUT2D eigenvalue weighted by Crippen LogP contribution is -2.18. The summed E-state index contributed by atoms with van der Waals surface area (Å²) in [5.41, 5.74) is 1.27. The molecular formula is C12H16BrNO. The predicted octanol–water partition coefficient (Wildman–Crippen LogP) is 3.05. The van der Waals surface area contributed by atoms with E-state index in [9.17, 15) is 0 Å². The van der Waals surface area contributed by atoms with Crippen molar-refractivity contribution in [2.24, 2.45) is 0 Å². The van der Waals surface area contributed by atoms with E-state index >= 15 is 0 Å². The van der Waals surface area contributed by atoms with Crippen molar-refractivity contribution in [3.05, 3.63) is 28.2 Å². The van der Waals surface area contributed by atoms with Crippen molar-refractivity contribution in [3.63, 3.8) is 0 Å². The monoisotopic (exact) mass is 269 g/mol. The lowest BCUT2D eigenvalue weighted by molar-refractivity contribution is 0.321. The van der Waals surface area contributed by atoms with Crippen LogP contribution < -0.4 is 4.74 Å². The third-order valence-corrected chi connectivity index (χ3v) is 3.33. The van der Waals surface area contributed by atoms with Crippen LogP contribution >= 0.6 is 15.9 Å². The number of ether oxygens (including phenoxy) is 1. The fourth-order valence-corrected chi connectivity index (χ4v) is 2.46. The van der Waals surface area contributed by atoms with Gasteiger partial charge in [0, 0.05) is 16.6 Å². The molecule has 2 rings (SSSR count). The first kappa shape index (κ1) is 11.0. The molecule has 82 valence electrons. The highest BCUT2D eigenvalue weighted by molar-refractivity contribution is 9.10. The third kappa shape index (κ3) is 2.73. The van der Waals surface area contributed by atoms with Crippen LogP contribution in [0.1, 0.15) is 18.4 Å². The summed E-state index contributed by atoms with van der Waals surface area (Å²) >= 11 is 3.50. The fourth-order valence-electron chi connectivity index (χ4n) is 2.05. The summed E-state index contributed by atoms with van der Waals surface area (Å²) in [6, 6.07) is 6.19. The van der Waals surface area contributed by atoms with Crippen LogP contribution in [0, 0.1) is 0 Å². The number of rotatable bonds is 3. The van der Waals surface area contributed by atoms with Gasteiger partial charge in [0.2, 0.25) is 0 Å². The summed E-state index contributed by atoms with van der Waals surface area (Å²) in [5.74, 6) is 0.991. The van der Waals surface area contributed by atoms with Gasteiger partial charge in [-0.15, -0.1) is 0 Å². The van der Waals surface area contributed by atoms with Gasteiger partial charge in [-0.25, -0.2) is 0 Å². The lowest BCUT2D eigenvalue weighted by Gasteiger charge is -2.17. The largest absolute Gasteiger partial charge is 0.496 e. The molecular weight excluding hydrogens is 254 g/mol. The smallest absolute Gasteiger partial charge is 0.123 e. The standard InChI is InChI=1S/C12H16BrNO/c1-15-12-5-4-11(13)8-10(12)9-14-6-2-3-7-14/h4-5,8H,2-3,6-7,9H2,1H3. The number of nitrogens with zero attached hydrogens (tertiary/aromatic N) is 1. The first-order valence-corrected chi connectivity index (χ1v) is 6.13. The molecule has 0 unspecified atom stereocenters. The van der Waals surface area contributed by atoms with E-state index in [1.54, 1.807) is 7.11 Å². The van der Waals surface area contributed by atoms with Gasteiger partial charge in [0.05, 0.1) is 7.11 Å². The number of benzene rings is 1. The van der Waals surface area contributed by atoms with Crippen LogP contribution in [0.3, 0.4) is 0 Å². The first-order chi connectivity index (χ1) is 7.29. The van der Waals surface area contributed by atoms with Crippen molar-refractivity contribution >= 4 is 15.9 Å². The molecule has 0 N–H and O–H groups in total. The Bertz CT molecular complexity index is 334. The molecule has 1 aromatic carbocycles. The van der Waals surface area contributed by atoms with Crippen molar-refractivity contribution in [2.75, 3.05) is 20.2 Å². The van der Waals surface area contributed by atoms with Crippen LogP contribution in [0.25, 0.3) is 0 Å². The lowest BCUT2D eigenvalue weighted by atomic mass is 10.2. The van der Waals surface area contributed by atoms with E-state index in [2.05, 4.69) is 26.9 Å². The van der Waals surface area contributed by atoms with Gasteiger partial charge in [0.15, 0.2) is 0 Å². The third-order valence-electron chi connectivity index (χ3n) is 2.84. The zero-order valence-electron chi connectivity index (χ0n) is 9.00. The van der Waals surface area contributed by atoms with Crippen LogP contribution in [-0.2, 0) is 6.54 Å². The summed E-state index contributed by atoms with van der Waals surface area (Å²) in [4.78, 5) is 2.48. The van der Waals surface area contributed by atoms with Gasteiger partial charge in [-0.2, -0.15) is 0 Å². The molecule has 1 aliphatic heterocycles. The van der Waals surface area contributed by atoms with Crippen LogP contribution in [0.5, 0.6) is 5.75 Å². The Hall–Kier alpha value is -0.540. The molecule has 0 atom stereocenters. The molecule has 0 radical (unpaired) electrons. The molecule has 1 fully saturated rings. The maximum atomic E-state index is 5.36. The Balaban J connectivity index is 2.14. The maximum Gasteiger partial charge on any atom is 0.123 e. The quantitative estimate of drug-likeness (QED) is 0.837. The van der Waals surface area contributed by atoms with Crippen molar-refractivity contribution in [1.29, 1.82) is 0 Å². The second kappa shape index (κ2) is 4.99. The van der Waals surface area contributed by atoms with E-state index in [-0.39, 0.29) is 0 Å². The van der Waals surface area contributed by atoms with E-state index in [1.165, 1.54) is 31.5 Å². The zero-order valence-corrected chi connectivity index (χ0v) is 10.6. The highest BCUT2D eigenvalue weighted by Gasteiger charge is 2.14. The molecule has 1 aromatic rings. The van der Waals surface area contributed by atoms with Crippen LogP contribution in [0.4, 0.5) is 0 Å². The van der Waals surface area contributed by atoms with Crippen LogP contribution in [0.2, 0.25) is 0 Å². The number of methoxy groups -OCH3 is 1. The molecule has 3 heteroatoms. The Morgan fingerprint density at radius 3 is 2.73 bits per heavy atom. The molecule has 0 spiro atoms. The molecule has 0 aliphatic carbocycles. The second-order valence-corrected chi connectivity index (χ2v) is 4.86. The van der Waals surface area contributed by atoms with E-state index in [0.717, 1.165) is 16.8 Å². The predicted molar refractivity (Wildman–Crippen MR) is 65.2 cm³/mol. The molecule has 1 saturated heterocycles. The summed E-state index contributed by atoms with van der Waals surface area (Å²) in [7, 11) is 1.73. The highest BCUT2D eigenvalue weighted by Crippen LogP contribution is 2.25. The summed E-state index contributed by atoms with van der Waals surface area (Å²) in [6.45, 7) is 3.44. The second-order valence-electron chi connectivity index (χ2n) is 3.94. The SMILES string of the molecule is COc1ccc(Br)cc1CN1CCCC1. The minimum atomic E-state index is 0.991. The number of halogens is 1. The summed E-state index contributed by atoms with van der Waals surface area (Å²) < 4.78 is 6.49. The van der Waals surface area contributed by atoms with Gasteiger partial charge in [-0.1, -0.05) is 15.9 Å². The molecule has 1 aliphatic rings. The van der Waals surface area contributed by atoms with Crippen LogP contribution in [0.15, 0.2) is 22.7 Å². The van der Waals surface area contributed by atoms with Gasteiger partial charge in [-0.3, -0.25) is 4.90 Å². The van der Waals surface area contributed by atoms with E-state index < -0.39 is 0 Å². The van der Waals surface area contributed by atoms with Crippen LogP contribution in [-0.4, -0.2) is 25.1 Å². The van der Waals surface area contributed by atoms with E-state index in [4.69, 9.17) is 4.74 Å². The molecule has 0 saturated carbocycles. The van der Waals surface area contributed by atoms with Crippen molar-refractivity contribution in [3.8, 4) is 5.75 Å². The molecule has 0 bridgehead atoms. The van der Waals surface area contributed by atoms with Gasteiger partial charge >= 0.3 is 0 Å². The minimum Gasteiger partial charge on any atom is -0.496 e. The molecule has 0 amide bonds. The van der Waals surface area contributed by atoms with Gasteiger partial charge in [0.1, 0.15) is 5.75 Å². The van der Waals surface area contributed by atoms with Crippen molar-refractivity contribution in [1.82, 2.24) is 4.90 Å². The molecule has 2 nitrogen and oxygen atoms in total. The zero-order chi connectivity index (χ0) is 10.7. The number of hydrogen-bond acceptors (Lipinski definition) is 2. The normalized spacial score (nSPS) is 16.9. The summed E-state index contributed by atoms with van der Waals surface area (Å²) in [6.07, 6.45) is 2.66. The van der Waals surface area contributed by atoms with Gasteiger partial charge in [-0.05, 0) is 44.1 Å².